The quantitative estimate of drug-likeness (QED) is 0.807. The van der Waals surface area contributed by atoms with Crippen LogP contribution in [0.3, 0.4) is 0 Å². The Morgan fingerprint density at radius 2 is 2.11 bits per heavy atom. The highest BCUT2D eigenvalue weighted by Crippen LogP contribution is 2.23. The third-order valence-electron chi connectivity index (χ3n) is 2.40. The van der Waals surface area contributed by atoms with Gasteiger partial charge in [-0.3, -0.25) is 0 Å². The van der Waals surface area contributed by atoms with Crippen molar-refractivity contribution in [3.05, 3.63) is 40.8 Å². The van der Waals surface area contributed by atoms with Gasteiger partial charge in [-0.15, -0.1) is 0 Å². The number of ether oxygens (including phenoxy) is 2. The Morgan fingerprint density at radius 1 is 1.33 bits per heavy atom. The lowest BCUT2D eigenvalue weighted by atomic mass is 10.2. The van der Waals surface area contributed by atoms with Crippen molar-refractivity contribution >= 4 is 11.0 Å². The largest absolute Gasteiger partial charge is 0.490 e. The number of aliphatic hydroxyl groups excluding tert-OH is 1. The fraction of sp³-hybridized carbons (Fsp3) is 0.308. The van der Waals surface area contributed by atoms with Crippen molar-refractivity contribution in [2.24, 2.45) is 0 Å². The van der Waals surface area contributed by atoms with Gasteiger partial charge < -0.3 is 19.0 Å². The van der Waals surface area contributed by atoms with Crippen LogP contribution in [-0.2, 0) is 4.74 Å². The van der Waals surface area contributed by atoms with Crippen LogP contribution in [0.1, 0.15) is 0 Å². The summed E-state index contributed by atoms with van der Waals surface area (Å²) in [6.07, 6.45) is -0.735. The average molecular weight is 250 g/mol. The molecule has 2 rings (SSSR count). The maximum absolute atomic E-state index is 11.3. The Kier molecular flexibility index (Phi) is 3.96. The van der Waals surface area contributed by atoms with Crippen molar-refractivity contribution in [2.75, 3.05) is 20.3 Å². The molecule has 1 aromatic heterocycles. The molecule has 0 bridgehead atoms. The van der Waals surface area contributed by atoms with Crippen LogP contribution in [0.2, 0.25) is 0 Å². The van der Waals surface area contributed by atoms with Gasteiger partial charge in [0.1, 0.15) is 24.0 Å². The Balaban J connectivity index is 2.24. The van der Waals surface area contributed by atoms with Crippen LogP contribution in [-0.4, -0.2) is 31.5 Å². The van der Waals surface area contributed by atoms with E-state index in [2.05, 4.69) is 0 Å². The number of benzene rings is 1. The van der Waals surface area contributed by atoms with E-state index < -0.39 is 11.7 Å². The third kappa shape index (κ3) is 2.88. The second-order valence-corrected chi connectivity index (χ2v) is 3.85. The van der Waals surface area contributed by atoms with E-state index in [1.807, 2.05) is 6.07 Å². The highest BCUT2D eigenvalue weighted by Gasteiger charge is 2.09. The molecule has 0 fully saturated rings. The number of rotatable bonds is 5. The van der Waals surface area contributed by atoms with Gasteiger partial charge in [-0.2, -0.15) is 0 Å². The molecule has 0 amide bonds. The molecule has 1 unspecified atom stereocenters. The van der Waals surface area contributed by atoms with Gasteiger partial charge in [-0.05, 0) is 12.1 Å². The molecular weight excluding hydrogens is 236 g/mol. The zero-order valence-electron chi connectivity index (χ0n) is 9.96. The summed E-state index contributed by atoms with van der Waals surface area (Å²) in [7, 11) is 1.50. The molecule has 1 heterocycles. The van der Waals surface area contributed by atoms with Crippen molar-refractivity contribution in [1.29, 1.82) is 0 Å². The first-order chi connectivity index (χ1) is 8.70. The number of hydrogen-bond acceptors (Lipinski definition) is 5. The van der Waals surface area contributed by atoms with E-state index in [9.17, 15) is 9.90 Å². The topological polar surface area (TPSA) is 68.9 Å². The van der Waals surface area contributed by atoms with Crippen molar-refractivity contribution in [2.45, 2.75) is 6.10 Å². The van der Waals surface area contributed by atoms with Gasteiger partial charge >= 0.3 is 5.63 Å². The Hall–Kier alpha value is -1.85. The molecule has 5 heteroatoms. The Bertz CT molecular complexity index is 575. The summed E-state index contributed by atoms with van der Waals surface area (Å²) < 4.78 is 15.3. The van der Waals surface area contributed by atoms with Crippen molar-refractivity contribution in [3.8, 4) is 5.75 Å². The summed E-state index contributed by atoms with van der Waals surface area (Å²) >= 11 is 0. The molecule has 1 aromatic carbocycles. The molecule has 0 saturated heterocycles. The lowest BCUT2D eigenvalue weighted by Crippen LogP contribution is -2.23. The summed E-state index contributed by atoms with van der Waals surface area (Å²) in [6, 6.07) is 8.34. The lowest BCUT2D eigenvalue weighted by Gasteiger charge is -2.12. The van der Waals surface area contributed by atoms with Crippen LogP contribution in [0, 0.1) is 0 Å². The van der Waals surface area contributed by atoms with E-state index in [1.54, 1.807) is 18.2 Å². The summed E-state index contributed by atoms with van der Waals surface area (Å²) in [6.45, 7) is 0.237. The number of methoxy groups -OCH3 is 1. The van der Waals surface area contributed by atoms with E-state index in [0.717, 1.165) is 0 Å². The molecular formula is C13H14O5. The molecule has 1 N–H and O–H groups in total. The fourth-order valence-corrected chi connectivity index (χ4v) is 1.63. The third-order valence-corrected chi connectivity index (χ3v) is 2.40. The van der Waals surface area contributed by atoms with E-state index in [0.29, 0.717) is 16.7 Å². The predicted octanol–water partition coefficient (Wildman–Crippen LogP) is 1.18. The molecule has 2 aromatic rings. The average Bonchev–Trinajstić information content (AvgIpc) is 2.36. The minimum atomic E-state index is -0.735. The molecule has 5 nitrogen and oxygen atoms in total. The SMILES string of the molecule is COCC(O)COc1cc(=O)oc2ccccc12. The zero-order valence-corrected chi connectivity index (χ0v) is 9.96. The van der Waals surface area contributed by atoms with E-state index in [-0.39, 0.29) is 13.2 Å². The monoisotopic (exact) mass is 250 g/mol. The van der Waals surface area contributed by atoms with Crippen LogP contribution >= 0.6 is 0 Å². The number of fused-ring (bicyclic) bond motifs is 1. The first kappa shape index (κ1) is 12.6. The van der Waals surface area contributed by atoms with Gasteiger partial charge in [0.2, 0.25) is 0 Å². The summed E-state index contributed by atoms with van der Waals surface area (Å²) in [5, 5.41) is 10.2. The van der Waals surface area contributed by atoms with Crippen molar-refractivity contribution in [1.82, 2.24) is 0 Å². The lowest BCUT2D eigenvalue weighted by molar-refractivity contribution is 0.0328. The molecule has 0 aliphatic rings. The van der Waals surface area contributed by atoms with Gasteiger partial charge in [0.25, 0.3) is 0 Å². The number of aliphatic hydroxyl groups is 1. The number of hydrogen-bond donors (Lipinski definition) is 1. The van der Waals surface area contributed by atoms with E-state index >= 15 is 0 Å². The fourth-order valence-electron chi connectivity index (χ4n) is 1.63. The maximum atomic E-state index is 11.3. The molecule has 0 spiro atoms. The van der Waals surface area contributed by atoms with Crippen LogP contribution in [0.5, 0.6) is 5.75 Å². The molecule has 0 aliphatic carbocycles. The second-order valence-electron chi connectivity index (χ2n) is 3.85. The highest BCUT2D eigenvalue weighted by molar-refractivity contribution is 5.82. The normalized spacial score (nSPS) is 12.6. The van der Waals surface area contributed by atoms with Crippen LogP contribution < -0.4 is 10.4 Å². The summed E-state index contributed by atoms with van der Waals surface area (Å²) in [5.41, 5.74) is -0.0221. The maximum Gasteiger partial charge on any atom is 0.339 e. The molecule has 0 aliphatic heterocycles. The summed E-state index contributed by atoms with van der Waals surface area (Å²) in [4.78, 5) is 11.3. The first-order valence-corrected chi connectivity index (χ1v) is 5.53. The molecule has 96 valence electrons. The van der Waals surface area contributed by atoms with Gasteiger partial charge in [0.05, 0.1) is 18.1 Å². The predicted molar refractivity (Wildman–Crippen MR) is 65.9 cm³/mol. The highest BCUT2D eigenvalue weighted by atomic mass is 16.5. The van der Waals surface area contributed by atoms with Crippen LogP contribution in [0.4, 0.5) is 0 Å². The van der Waals surface area contributed by atoms with Gasteiger partial charge in [-0.25, -0.2) is 4.79 Å². The molecule has 0 radical (unpaired) electrons. The smallest absolute Gasteiger partial charge is 0.339 e. The van der Waals surface area contributed by atoms with Gasteiger partial charge in [0, 0.05) is 7.11 Å². The molecule has 0 saturated carbocycles. The Labute approximate surface area is 104 Å². The van der Waals surface area contributed by atoms with Crippen LogP contribution in [0.25, 0.3) is 11.0 Å². The van der Waals surface area contributed by atoms with Crippen molar-refractivity contribution in [3.63, 3.8) is 0 Å². The molecule has 18 heavy (non-hydrogen) atoms. The first-order valence-electron chi connectivity index (χ1n) is 5.53. The van der Waals surface area contributed by atoms with Gasteiger partial charge in [-0.1, -0.05) is 12.1 Å². The summed E-state index contributed by atoms with van der Waals surface area (Å²) in [5.74, 6) is 0.400. The van der Waals surface area contributed by atoms with Crippen molar-refractivity contribution < 1.29 is 19.0 Å². The second kappa shape index (κ2) is 5.66. The minimum Gasteiger partial charge on any atom is -0.490 e. The van der Waals surface area contributed by atoms with Gasteiger partial charge in [0.15, 0.2) is 0 Å². The Morgan fingerprint density at radius 3 is 2.89 bits per heavy atom. The minimum absolute atomic E-state index is 0.0568. The van der Waals surface area contributed by atoms with Crippen LogP contribution in [0.15, 0.2) is 39.5 Å². The molecule has 1 atom stereocenters. The van der Waals surface area contributed by atoms with E-state index in [4.69, 9.17) is 13.9 Å². The number of para-hydroxylation sites is 1. The standard InChI is InChI=1S/C13H14O5/c1-16-7-9(14)8-17-12-6-13(15)18-11-5-3-2-4-10(11)12/h2-6,9,14H,7-8H2,1H3. The zero-order chi connectivity index (χ0) is 13.0. The van der Waals surface area contributed by atoms with E-state index in [1.165, 1.54) is 13.2 Å².